The normalized spacial score (nSPS) is 40.8. The third-order valence-electron chi connectivity index (χ3n) is 4.53. The first-order valence-electron chi connectivity index (χ1n) is 6.72. The van der Waals surface area contributed by atoms with Crippen molar-refractivity contribution in [2.24, 2.45) is 17.6 Å². The van der Waals surface area contributed by atoms with E-state index in [2.05, 4.69) is 18.7 Å². The standard InChI is InChI=1S/C13H26N2/c1-3-15(12-7-10(2)8-12)13-6-4-5-11(13)9-14/h10-13H,3-9,14H2,1-2H3. The van der Waals surface area contributed by atoms with E-state index in [4.69, 9.17) is 5.73 Å². The molecule has 0 heterocycles. The molecule has 2 saturated carbocycles. The lowest BCUT2D eigenvalue weighted by Crippen LogP contribution is -2.51. The molecule has 2 aliphatic rings. The average molecular weight is 210 g/mol. The molecule has 2 nitrogen and oxygen atoms in total. The zero-order valence-corrected chi connectivity index (χ0v) is 10.3. The van der Waals surface area contributed by atoms with Crippen molar-refractivity contribution in [2.45, 2.75) is 58.0 Å². The van der Waals surface area contributed by atoms with Gasteiger partial charge in [-0.05, 0) is 50.6 Å². The van der Waals surface area contributed by atoms with Crippen molar-refractivity contribution in [1.82, 2.24) is 4.90 Å². The number of nitrogens with two attached hydrogens (primary N) is 1. The van der Waals surface area contributed by atoms with Crippen LogP contribution in [0, 0.1) is 11.8 Å². The Morgan fingerprint density at radius 2 is 2.00 bits per heavy atom. The van der Waals surface area contributed by atoms with Crippen LogP contribution in [0.25, 0.3) is 0 Å². The summed E-state index contributed by atoms with van der Waals surface area (Å²) in [6, 6.07) is 1.68. The van der Waals surface area contributed by atoms with E-state index in [1.165, 1.54) is 38.6 Å². The smallest absolute Gasteiger partial charge is 0.0138 e. The highest BCUT2D eigenvalue weighted by Gasteiger charge is 2.38. The summed E-state index contributed by atoms with van der Waals surface area (Å²) in [6.45, 7) is 6.80. The summed E-state index contributed by atoms with van der Waals surface area (Å²) in [5.74, 6) is 1.74. The molecule has 0 aromatic carbocycles. The lowest BCUT2D eigenvalue weighted by molar-refractivity contribution is 0.0387. The van der Waals surface area contributed by atoms with Crippen molar-refractivity contribution in [3.8, 4) is 0 Å². The zero-order valence-electron chi connectivity index (χ0n) is 10.3. The summed E-state index contributed by atoms with van der Waals surface area (Å²) >= 11 is 0. The predicted molar refractivity (Wildman–Crippen MR) is 64.7 cm³/mol. The topological polar surface area (TPSA) is 29.3 Å². The highest BCUT2D eigenvalue weighted by atomic mass is 15.2. The van der Waals surface area contributed by atoms with Gasteiger partial charge in [0.1, 0.15) is 0 Å². The maximum Gasteiger partial charge on any atom is 0.0138 e. The molecule has 2 unspecified atom stereocenters. The Balaban J connectivity index is 1.93. The number of hydrogen-bond acceptors (Lipinski definition) is 2. The number of nitrogens with zero attached hydrogens (tertiary/aromatic N) is 1. The van der Waals surface area contributed by atoms with Crippen LogP contribution < -0.4 is 5.73 Å². The molecule has 0 aliphatic heterocycles. The van der Waals surface area contributed by atoms with Crippen molar-refractivity contribution >= 4 is 0 Å². The van der Waals surface area contributed by atoms with Gasteiger partial charge in [-0.25, -0.2) is 0 Å². The van der Waals surface area contributed by atoms with Gasteiger partial charge in [0.2, 0.25) is 0 Å². The van der Waals surface area contributed by atoms with Gasteiger partial charge in [0, 0.05) is 12.1 Å². The van der Waals surface area contributed by atoms with Crippen LogP contribution in [0.4, 0.5) is 0 Å². The summed E-state index contributed by atoms with van der Waals surface area (Å²) in [5.41, 5.74) is 5.88. The predicted octanol–water partition coefficient (Wildman–Crippen LogP) is 2.23. The molecule has 2 rings (SSSR count). The molecule has 0 saturated heterocycles. The lowest BCUT2D eigenvalue weighted by atomic mass is 9.79. The van der Waals surface area contributed by atoms with Gasteiger partial charge in [-0.15, -0.1) is 0 Å². The minimum Gasteiger partial charge on any atom is -0.330 e. The monoisotopic (exact) mass is 210 g/mol. The molecule has 0 spiro atoms. The van der Waals surface area contributed by atoms with Crippen LogP contribution >= 0.6 is 0 Å². The van der Waals surface area contributed by atoms with Gasteiger partial charge in [0.25, 0.3) is 0 Å². The van der Waals surface area contributed by atoms with E-state index in [-0.39, 0.29) is 0 Å². The van der Waals surface area contributed by atoms with Gasteiger partial charge in [-0.3, -0.25) is 4.90 Å². The highest BCUT2D eigenvalue weighted by Crippen LogP contribution is 2.37. The quantitative estimate of drug-likeness (QED) is 0.771. The lowest BCUT2D eigenvalue weighted by Gasteiger charge is -2.45. The largest absolute Gasteiger partial charge is 0.330 e. The molecular weight excluding hydrogens is 184 g/mol. The van der Waals surface area contributed by atoms with Crippen LogP contribution in [0.15, 0.2) is 0 Å². The Hall–Kier alpha value is -0.0800. The van der Waals surface area contributed by atoms with Crippen LogP contribution in [-0.4, -0.2) is 30.1 Å². The Labute approximate surface area is 94.2 Å². The van der Waals surface area contributed by atoms with Crippen LogP contribution in [0.1, 0.15) is 46.0 Å². The molecule has 15 heavy (non-hydrogen) atoms. The third kappa shape index (κ3) is 2.21. The molecule has 0 aromatic rings. The molecule has 2 aliphatic carbocycles. The molecule has 0 radical (unpaired) electrons. The van der Waals surface area contributed by atoms with Crippen LogP contribution in [0.5, 0.6) is 0 Å². The molecule has 2 atom stereocenters. The maximum atomic E-state index is 5.88. The van der Waals surface area contributed by atoms with Crippen molar-refractivity contribution < 1.29 is 0 Å². The zero-order chi connectivity index (χ0) is 10.8. The molecule has 2 heteroatoms. The van der Waals surface area contributed by atoms with Crippen LogP contribution in [-0.2, 0) is 0 Å². The second-order valence-electron chi connectivity index (χ2n) is 5.55. The van der Waals surface area contributed by atoms with E-state index in [1.807, 2.05) is 0 Å². The minimum atomic E-state index is 0.779. The number of rotatable bonds is 4. The van der Waals surface area contributed by atoms with Crippen molar-refractivity contribution in [1.29, 1.82) is 0 Å². The van der Waals surface area contributed by atoms with Gasteiger partial charge < -0.3 is 5.73 Å². The van der Waals surface area contributed by atoms with E-state index in [9.17, 15) is 0 Å². The fraction of sp³-hybridized carbons (Fsp3) is 1.00. The van der Waals surface area contributed by atoms with Crippen molar-refractivity contribution in [3.63, 3.8) is 0 Å². The molecule has 2 fully saturated rings. The summed E-state index contributed by atoms with van der Waals surface area (Å²) < 4.78 is 0. The van der Waals surface area contributed by atoms with Gasteiger partial charge in [-0.2, -0.15) is 0 Å². The van der Waals surface area contributed by atoms with Crippen LogP contribution in [0.2, 0.25) is 0 Å². The molecule has 0 bridgehead atoms. The molecular formula is C13H26N2. The van der Waals surface area contributed by atoms with Crippen molar-refractivity contribution in [3.05, 3.63) is 0 Å². The first-order chi connectivity index (χ1) is 7.26. The fourth-order valence-corrected chi connectivity index (χ4v) is 3.62. The Morgan fingerprint density at radius 3 is 2.53 bits per heavy atom. The molecule has 2 N–H and O–H groups in total. The second-order valence-corrected chi connectivity index (χ2v) is 5.55. The maximum absolute atomic E-state index is 5.88. The van der Waals surface area contributed by atoms with E-state index < -0.39 is 0 Å². The van der Waals surface area contributed by atoms with E-state index >= 15 is 0 Å². The molecule has 0 aromatic heterocycles. The molecule has 88 valence electrons. The van der Waals surface area contributed by atoms with Crippen LogP contribution in [0.3, 0.4) is 0 Å². The summed E-state index contributed by atoms with van der Waals surface area (Å²) in [6.07, 6.45) is 6.98. The molecule has 0 amide bonds. The third-order valence-corrected chi connectivity index (χ3v) is 4.53. The summed E-state index contributed by atoms with van der Waals surface area (Å²) in [7, 11) is 0. The fourth-order valence-electron chi connectivity index (χ4n) is 3.62. The van der Waals surface area contributed by atoms with Gasteiger partial charge >= 0.3 is 0 Å². The Kier molecular flexibility index (Phi) is 3.68. The number of hydrogen-bond donors (Lipinski definition) is 1. The Bertz CT molecular complexity index is 199. The first kappa shape index (κ1) is 11.4. The average Bonchev–Trinajstić information content (AvgIpc) is 2.64. The van der Waals surface area contributed by atoms with Crippen molar-refractivity contribution in [2.75, 3.05) is 13.1 Å². The summed E-state index contributed by atoms with van der Waals surface area (Å²) in [4.78, 5) is 2.75. The van der Waals surface area contributed by atoms with Gasteiger partial charge in [0.05, 0.1) is 0 Å². The van der Waals surface area contributed by atoms with E-state index in [0.29, 0.717) is 0 Å². The minimum absolute atomic E-state index is 0.779. The summed E-state index contributed by atoms with van der Waals surface area (Å²) in [5, 5.41) is 0. The van der Waals surface area contributed by atoms with Gasteiger partial charge in [-0.1, -0.05) is 20.3 Å². The first-order valence-corrected chi connectivity index (χ1v) is 6.72. The SMILES string of the molecule is CCN(C1CC(C)C1)C1CCCC1CN. The highest BCUT2D eigenvalue weighted by molar-refractivity contribution is 4.93. The van der Waals surface area contributed by atoms with E-state index in [0.717, 1.165) is 30.5 Å². The Morgan fingerprint density at radius 1 is 1.27 bits per heavy atom. The van der Waals surface area contributed by atoms with E-state index in [1.54, 1.807) is 0 Å². The van der Waals surface area contributed by atoms with Gasteiger partial charge in [0.15, 0.2) is 0 Å². The second kappa shape index (κ2) is 4.84.